The number of carbonyl (C=O) groups is 3. The molecule has 35 heavy (non-hydrogen) atoms. The molecule has 10 nitrogen and oxygen atoms in total. The van der Waals surface area contributed by atoms with E-state index in [2.05, 4.69) is 25.6 Å². The zero-order chi connectivity index (χ0) is 24.9. The maximum atomic E-state index is 13.1. The van der Waals surface area contributed by atoms with Gasteiger partial charge in [-0.1, -0.05) is 43.7 Å². The molecule has 1 atom stereocenters. The van der Waals surface area contributed by atoms with Crippen LogP contribution in [0.25, 0.3) is 0 Å². The van der Waals surface area contributed by atoms with E-state index in [0.29, 0.717) is 17.8 Å². The summed E-state index contributed by atoms with van der Waals surface area (Å²) in [7, 11) is 0. The number of carbonyl (C=O) groups excluding carboxylic acids is 3. The molecule has 1 aromatic heterocycles. The third kappa shape index (κ3) is 5.16. The number of aryl methyl sites for hydroxylation is 1. The largest absolute Gasteiger partial charge is 0.326 e. The minimum Gasteiger partial charge on any atom is -0.326 e. The van der Waals surface area contributed by atoms with Gasteiger partial charge in [-0.05, 0) is 37.6 Å². The molecule has 10 heteroatoms. The lowest BCUT2D eigenvalue weighted by molar-refractivity contribution is -0.123. The van der Waals surface area contributed by atoms with E-state index >= 15 is 0 Å². The molecule has 0 bridgehead atoms. The van der Waals surface area contributed by atoms with Gasteiger partial charge in [0.05, 0.1) is 11.1 Å². The summed E-state index contributed by atoms with van der Waals surface area (Å²) in [5.41, 5.74) is 1.32. The Morgan fingerprint density at radius 2 is 1.66 bits per heavy atom. The van der Waals surface area contributed by atoms with Crippen LogP contribution in [0.3, 0.4) is 0 Å². The zero-order valence-corrected chi connectivity index (χ0v) is 19.2. The number of imide groups is 1. The maximum absolute atomic E-state index is 13.1. The van der Waals surface area contributed by atoms with Crippen molar-refractivity contribution in [3.63, 3.8) is 0 Å². The molecule has 0 saturated heterocycles. The molecule has 0 fully saturated rings. The third-order valence-corrected chi connectivity index (χ3v) is 5.38. The average Bonchev–Trinajstić information content (AvgIpc) is 3.09. The van der Waals surface area contributed by atoms with Crippen molar-refractivity contribution in [2.45, 2.75) is 32.7 Å². The van der Waals surface area contributed by atoms with Gasteiger partial charge in [-0.2, -0.15) is 4.99 Å². The topological polar surface area (TPSA) is 137 Å². The molecular weight excluding hydrogens is 448 g/mol. The standard InChI is InChI=1S/C25H24N6O4/c1-3-9-17-14-20(32)28-24(27-17)30-25(26-16-10-5-4-6-11-16)29-21(33)15(2)31-22(34)18-12-7-8-13-19(18)23(31)35/h4-8,10-15H,3,9H2,1-2H3,(H3,26,27,28,29,30,32,33)/t15-/m1/s1. The summed E-state index contributed by atoms with van der Waals surface area (Å²) in [5.74, 6) is -1.75. The molecule has 0 radical (unpaired) electrons. The highest BCUT2D eigenvalue weighted by Crippen LogP contribution is 2.24. The smallest absolute Gasteiger partial charge is 0.262 e. The van der Waals surface area contributed by atoms with Gasteiger partial charge in [-0.3, -0.25) is 34.4 Å². The lowest BCUT2D eigenvalue weighted by Gasteiger charge is -2.22. The number of H-pyrrole nitrogens is 1. The van der Waals surface area contributed by atoms with Gasteiger partial charge in [0.2, 0.25) is 17.8 Å². The first kappa shape index (κ1) is 23.6. The number of amides is 3. The number of aromatic nitrogens is 2. The van der Waals surface area contributed by atoms with Crippen LogP contribution < -0.4 is 16.2 Å². The molecule has 3 N–H and O–H groups in total. The zero-order valence-electron chi connectivity index (χ0n) is 19.2. The lowest BCUT2D eigenvalue weighted by Crippen LogP contribution is -2.50. The highest BCUT2D eigenvalue weighted by molar-refractivity contribution is 6.23. The van der Waals surface area contributed by atoms with Crippen LogP contribution >= 0.6 is 0 Å². The number of benzene rings is 2. The van der Waals surface area contributed by atoms with Crippen molar-refractivity contribution < 1.29 is 14.4 Å². The van der Waals surface area contributed by atoms with Crippen molar-refractivity contribution in [1.29, 1.82) is 0 Å². The van der Waals surface area contributed by atoms with Gasteiger partial charge in [0, 0.05) is 17.4 Å². The summed E-state index contributed by atoms with van der Waals surface area (Å²) in [6.45, 7) is 3.42. The maximum Gasteiger partial charge on any atom is 0.262 e. The SMILES string of the molecule is CCCc1cc(=O)[nH]c(/N=C(\NC(=O)[C@@H](C)N2C(=O)c3ccccc3C2=O)Nc2ccccc2)n1. The van der Waals surface area contributed by atoms with E-state index in [1.54, 1.807) is 48.5 Å². The van der Waals surface area contributed by atoms with E-state index < -0.39 is 23.8 Å². The van der Waals surface area contributed by atoms with Crippen molar-refractivity contribution in [2.75, 3.05) is 5.32 Å². The van der Waals surface area contributed by atoms with E-state index in [4.69, 9.17) is 0 Å². The Morgan fingerprint density at radius 1 is 1.03 bits per heavy atom. The van der Waals surface area contributed by atoms with Gasteiger partial charge in [0.15, 0.2) is 0 Å². The van der Waals surface area contributed by atoms with Crippen LogP contribution in [0.5, 0.6) is 0 Å². The number of rotatable bonds is 6. The summed E-state index contributed by atoms with van der Waals surface area (Å²) < 4.78 is 0. The highest BCUT2D eigenvalue weighted by Gasteiger charge is 2.40. The first-order valence-corrected chi connectivity index (χ1v) is 11.2. The van der Waals surface area contributed by atoms with Crippen molar-refractivity contribution >= 4 is 35.3 Å². The van der Waals surface area contributed by atoms with E-state index in [9.17, 15) is 19.2 Å². The Bertz CT molecular complexity index is 1330. The molecule has 178 valence electrons. The summed E-state index contributed by atoms with van der Waals surface area (Å²) in [6, 6.07) is 15.6. The summed E-state index contributed by atoms with van der Waals surface area (Å²) in [5, 5.41) is 5.60. The van der Waals surface area contributed by atoms with Gasteiger partial charge in [0.1, 0.15) is 6.04 Å². The van der Waals surface area contributed by atoms with Crippen LogP contribution in [0.4, 0.5) is 11.6 Å². The number of hydrogen-bond donors (Lipinski definition) is 3. The molecule has 0 saturated carbocycles. The monoisotopic (exact) mass is 472 g/mol. The molecule has 2 aromatic carbocycles. The fourth-order valence-electron chi connectivity index (χ4n) is 3.68. The predicted molar refractivity (Wildman–Crippen MR) is 131 cm³/mol. The quantitative estimate of drug-likeness (QED) is 0.287. The van der Waals surface area contributed by atoms with Crippen molar-refractivity contribution in [1.82, 2.24) is 20.2 Å². The van der Waals surface area contributed by atoms with Crippen molar-refractivity contribution in [2.24, 2.45) is 4.99 Å². The molecule has 1 aliphatic heterocycles. The molecule has 1 aliphatic rings. The van der Waals surface area contributed by atoms with E-state index in [-0.39, 0.29) is 28.6 Å². The summed E-state index contributed by atoms with van der Waals surface area (Å²) in [4.78, 5) is 62.9. The number of nitrogens with zero attached hydrogens (tertiary/aromatic N) is 3. The number of fused-ring (bicyclic) bond motifs is 1. The van der Waals surface area contributed by atoms with Crippen LogP contribution in [0, 0.1) is 0 Å². The van der Waals surface area contributed by atoms with Crippen LogP contribution in [-0.4, -0.2) is 44.6 Å². The van der Waals surface area contributed by atoms with Crippen LogP contribution in [0.15, 0.2) is 70.5 Å². The van der Waals surface area contributed by atoms with Crippen molar-refractivity contribution in [3.8, 4) is 0 Å². The summed E-state index contributed by atoms with van der Waals surface area (Å²) >= 11 is 0. The summed E-state index contributed by atoms with van der Waals surface area (Å²) in [6.07, 6.45) is 1.39. The van der Waals surface area contributed by atoms with Gasteiger partial charge in [-0.15, -0.1) is 0 Å². The minimum atomic E-state index is -1.12. The normalized spacial score (nSPS) is 14.0. The van der Waals surface area contributed by atoms with E-state index in [1.807, 2.05) is 13.0 Å². The molecular formula is C25H24N6O4. The van der Waals surface area contributed by atoms with Crippen LogP contribution in [-0.2, 0) is 11.2 Å². The fraction of sp³-hybridized carbons (Fsp3) is 0.200. The molecule has 2 heterocycles. The number of guanidine groups is 1. The van der Waals surface area contributed by atoms with Crippen LogP contribution in [0.2, 0.25) is 0 Å². The van der Waals surface area contributed by atoms with Gasteiger partial charge < -0.3 is 5.32 Å². The number of anilines is 1. The Morgan fingerprint density at radius 3 is 2.29 bits per heavy atom. The number of hydrogen-bond acceptors (Lipinski definition) is 6. The first-order chi connectivity index (χ1) is 16.9. The third-order valence-electron chi connectivity index (χ3n) is 5.38. The molecule has 0 aliphatic carbocycles. The van der Waals surface area contributed by atoms with Gasteiger partial charge in [-0.25, -0.2) is 4.98 Å². The highest BCUT2D eigenvalue weighted by atomic mass is 16.2. The van der Waals surface area contributed by atoms with Crippen molar-refractivity contribution in [3.05, 3.63) is 87.8 Å². The minimum absolute atomic E-state index is 0.00747. The van der Waals surface area contributed by atoms with Crippen LogP contribution in [0.1, 0.15) is 46.7 Å². The molecule has 4 rings (SSSR count). The second-order valence-electron chi connectivity index (χ2n) is 7.95. The Hall–Kier alpha value is -4.60. The first-order valence-electron chi connectivity index (χ1n) is 11.2. The number of aliphatic imine (C=N–C) groups is 1. The number of aromatic amines is 1. The Balaban J connectivity index is 1.62. The molecule has 3 aromatic rings. The van der Waals surface area contributed by atoms with Gasteiger partial charge in [0.25, 0.3) is 17.4 Å². The molecule has 3 amide bonds. The van der Waals surface area contributed by atoms with Gasteiger partial charge >= 0.3 is 0 Å². The molecule has 0 spiro atoms. The molecule has 0 unspecified atom stereocenters. The second kappa shape index (κ2) is 10.1. The average molecular weight is 473 g/mol. The van der Waals surface area contributed by atoms with E-state index in [1.165, 1.54) is 13.0 Å². The fourth-order valence-corrected chi connectivity index (χ4v) is 3.68. The predicted octanol–water partition coefficient (Wildman–Crippen LogP) is 2.62. The Kier molecular flexibility index (Phi) is 6.81. The number of nitrogens with one attached hydrogen (secondary N) is 3. The Labute approximate surface area is 201 Å². The lowest BCUT2D eigenvalue weighted by atomic mass is 10.1. The van der Waals surface area contributed by atoms with E-state index in [0.717, 1.165) is 11.3 Å². The second-order valence-corrected chi connectivity index (χ2v) is 7.95. The number of para-hydroxylation sites is 1.